The van der Waals surface area contributed by atoms with Crippen molar-refractivity contribution >= 4 is 34.8 Å². The Morgan fingerprint density at radius 2 is 1.88 bits per heavy atom. The second-order valence-electron chi connectivity index (χ2n) is 11.1. The van der Waals surface area contributed by atoms with E-state index < -0.39 is 17.4 Å². The molecule has 10 heteroatoms. The molecule has 3 heterocycles. The number of benzene rings is 2. The number of halogens is 1. The number of allylic oxidation sites excluding steroid dienone is 1. The van der Waals surface area contributed by atoms with Crippen LogP contribution in [-0.2, 0) is 34.7 Å². The molecule has 2 amide bonds. The lowest BCUT2D eigenvalue weighted by atomic mass is 9.83. The van der Waals surface area contributed by atoms with Crippen LogP contribution in [0.2, 0.25) is 5.02 Å². The van der Waals surface area contributed by atoms with Crippen LogP contribution in [0.25, 0.3) is 0 Å². The van der Waals surface area contributed by atoms with Gasteiger partial charge in [0.2, 0.25) is 5.91 Å². The number of rotatable bonds is 10. The molecule has 9 nitrogen and oxygen atoms in total. The SMILES string of the molecule is C[C@H](/C=C/CCn1cc(CCO)nn1)[C@@]1(O)C(=O)N(Cc2ccc(N3CCCCCCC3=O)cc2)c2ccc(Cl)cc21. The summed E-state index contributed by atoms with van der Waals surface area (Å²) < 4.78 is 1.71. The third-order valence-corrected chi connectivity index (χ3v) is 8.44. The second-order valence-corrected chi connectivity index (χ2v) is 11.6. The first-order chi connectivity index (χ1) is 20.3. The van der Waals surface area contributed by atoms with Crippen LogP contribution in [0.1, 0.15) is 62.3 Å². The van der Waals surface area contributed by atoms with Crippen LogP contribution in [-0.4, -0.2) is 50.2 Å². The number of nitrogens with zero attached hydrogens (tertiary/aromatic N) is 5. The molecule has 2 aromatic carbocycles. The predicted octanol–water partition coefficient (Wildman–Crippen LogP) is 4.78. The van der Waals surface area contributed by atoms with Crippen molar-refractivity contribution in [2.24, 2.45) is 5.92 Å². The molecule has 1 saturated heterocycles. The van der Waals surface area contributed by atoms with Crippen LogP contribution in [0.3, 0.4) is 0 Å². The van der Waals surface area contributed by atoms with Crippen LogP contribution in [0, 0.1) is 5.92 Å². The van der Waals surface area contributed by atoms with Crippen LogP contribution in [0.5, 0.6) is 0 Å². The van der Waals surface area contributed by atoms with Gasteiger partial charge in [0.15, 0.2) is 5.60 Å². The third-order valence-electron chi connectivity index (χ3n) is 8.21. The molecule has 2 atom stereocenters. The van der Waals surface area contributed by atoms with Crippen molar-refractivity contribution in [2.45, 2.75) is 70.6 Å². The van der Waals surface area contributed by atoms with Gasteiger partial charge in [-0.1, -0.05) is 60.9 Å². The normalized spacial score (nSPS) is 20.2. The summed E-state index contributed by atoms with van der Waals surface area (Å²) in [5.74, 6) is -0.763. The number of aryl methyl sites for hydroxylation is 1. The maximum atomic E-state index is 13.9. The number of hydrogen-bond donors (Lipinski definition) is 2. The van der Waals surface area contributed by atoms with E-state index in [9.17, 15) is 14.7 Å². The molecule has 2 aliphatic heterocycles. The highest BCUT2D eigenvalue weighted by Crippen LogP contribution is 2.46. The zero-order valence-corrected chi connectivity index (χ0v) is 24.7. The van der Waals surface area contributed by atoms with Gasteiger partial charge < -0.3 is 20.0 Å². The number of aliphatic hydroxyl groups excluding tert-OH is 1. The summed E-state index contributed by atoms with van der Waals surface area (Å²) in [7, 11) is 0. The second kappa shape index (κ2) is 13.2. The van der Waals surface area contributed by atoms with E-state index in [0.29, 0.717) is 42.1 Å². The lowest BCUT2D eigenvalue weighted by Gasteiger charge is -2.28. The number of aliphatic hydroxyl groups is 2. The van der Waals surface area contributed by atoms with Gasteiger partial charge in [-0.05, 0) is 55.2 Å². The van der Waals surface area contributed by atoms with Crippen molar-refractivity contribution in [3.05, 3.63) is 82.7 Å². The molecule has 0 spiro atoms. The largest absolute Gasteiger partial charge is 0.396 e. The highest BCUT2D eigenvalue weighted by atomic mass is 35.5. The van der Waals surface area contributed by atoms with Crippen molar-refractivity contribution in [1.29, 1.82) is 0 Å². The van der Waals surface area contributed by atoms with Crippen molar-refractivity contribution in [2.75, 3.05) is 23.0 Å². The number of aromatic nitrogens is 3. The summed E-state index contributed by atoms with van der Waals surface area (Å²) in [5, 5.41) is 29.5. The molecule has 0 aliphatic carbocycles. The summed E-state index contributed by atoms with van der Waals surface area (Å²) >= 11 is 6.33. The summed E-state index contributed by atoms with van der Waals surface area (Å²) in [6.07, 6.45) is 11.4. The fraction of sp³-hybridized carbons (Fsp3) is 0.438. The summed E-state index contributed by atoms with van der Waals surface area (Å²) in [6, 6.07) is 13.0. The van der Waals surface area contributed by atoms with Gasteiger partial charge in [0.05, 0.1) is 17.9 Å². The fourth-order valence-electron chi connectivity index (χ4n) is 5.80. The molecular weight excluding hydrogens is 554 g/mol. The molecule has 5 rings (SSSR count). The quantitative estimate of drug-likeness (QED) is 0.328. The van der Waals surface area contributed by atoms with Gasteiger partial charge in [0, 0.05) is 60.9 Å². The molecule has 0 bridgehead atoms. The Kier molecular flexibility index (Phi) is 9.40. The number of anilines is 2. The third kappa shape index (κ3) is 6.28. The van der Waals surface area contributed by atoms with Crippen molar-refractivity contribution < 1.29 is 19.8 Å². The van der Waals surface area contributed by atoms with Crippen LogP contribution >= 0.6 is 11.6 Å². The first-order valence-electron chi connectivity index (χ1n) is 14.7. The van der Waals surface area contributed by atoms with Crippen LogP contribution in [0.4, 0.5) is 11.4 Å². The molecule has 0 radical (unpaired) electrons. The Balaban J connectivity index is 1.30. The molecule has 2 aliphatic rings. The fourth-order valence-corrected chi connectivity index (χ4v) is 5.97. The Labute approximate surface area is 251 Å². The van der Waals surface area contributed by atoms with E-state index in [1.807, 2.05) is 48.2 Å². The first-order valence-corrected chi connectivity index (χ1v) is 15.1. The molecule has 0 unspecified atom stereocenters. The smallest absolute Gasteiger partial charge is 0.264 e. The summed E-state index contributed by atoms with van der Waals surface area (Å²) in [6.45, 7) is 3.44. The Morgan fingerprint density at radius 1 is 1.10 bits per heavy atom. The maximum Gasteiger partial charge on any atom is 0.264 e. The van der Waals surface area contributed by atoms with E-state index in [0.717, 1.165) is 49.2 Å². The average Bonchev–Trinajstić information content (AvgIpc) is 3.51. The monoisotopic (exact) mass is 591 g/mol. The van der Waals surface area contributed by atoms with Gasteiger partial charge >= 0.3 is 0 Å². The molecular formula is C32H38ClN5O4. The van der Waals surface area contributed by atoms with E-state index in [-0.39, 0.29) is 19.1 Å². The molecule has 1 aromatic heterocycles. The van der Waals surface area contributed by atoms with Crippen LogP contribution < -0.4 is 9.80 Å². The molecule has 3 aromatic rings. The predicted molar refractivity (Wildman–Crippen MR) is 162 cm³/mol. The summed E-state index contributed by atoms with van der Waals surface area (Å²) in [4.78, 5) is 30.1. The highest BCUT2D eigenvalue weighted by molar-refractivity contribution is 6.31. The number of amides is 2. The van der Waals surface area contributed by atoms with Gasteiger partial charge in [-0.25, -0.2) is 0 Å². The lowest BCUT2D eigenvalue weighted by molar-refractivity contribution is -0.139. The van der Waals surface area contributed by atoms with E-state index in [1.54, 1.807) is 34.0 Å². The zero-order valence-electron chi connectivity index (χ0n) is 24.0. The maximum absolute atomic E-state index is 13.9. The molecule has 2 N–H and O–H groups in total. The standard InChI is InChI=1S/C32H38ClN5O4/c1-23(8-5-7-17-36-22-26(16-19-39)34-35-36)32(42)28-20-25(33)12-15-29(28)38(31(32)41)21-24-10-13-27(14-11-24)37-18-6-3-2-4-9-30(37)40/h5,8,10-15,20,22-23,39,42H,2-4,6-7,9,16-19,21H2,1H3/b8-5+/t23-,32+/m1/s1. The van der Waals surface area contributed by atoms with Gasteiger partial charge in [-0.2, -0.15) is 0 Å². The topological polar surface area (TPSA) is 112 Å². The van der Waals surface area contributed by atoms with E-state index in [1.165, 1.54) is 0 Å². The zero-order chi connectivity index (χ0) is 29.7. The molecule has 42 heavy (non-hydrogen) atoms. The Hall–Kier alpha value is -3.53. The highest BCUT2D eigenvalue weighted by Gasteiger charge is 2.52. The molecule has 0 saturated carbocycles. The van der Waals surface area contributed by atoms with E-state index >= 15 is 0 Å². The minimum atomic E-state index is -1.77. The number of fused-ring (bicyclic) bond motifs is 1. The molecule has 222 valence electrons. The summed E-state index contributed by atoms with van der Waals surface area (Å²) in [5.41, 5.74) is 1.86. The minimum Gasteiger partial charge on any atom is -0.396 e. The lowest BCUT2D eigenvalue weighted by Crippen LogP contribution is -2.44. The van der Waals surface area contributed by atoms with E-state index in [2.05, 4.69) is 10.3 Å². The minimum absolute atomic E-state index is 0.0240. The van der Waals surface area contributed by atoms with Gasteiger partial charge in [0.1, 0.15) is 0 Å². The number of hydrogen-bond acceptors (Lipinski definition) is 6. The average molecular weight is 592 g/mol. The van der Waals surface area contributed by atoms with E-state index in [4.69, 9.17) is 16.7 Å². The Bertz CT molecular complexity index is 1440. The van der Waals surface area contributed by atoms with Gasteiger partial charge in [-0.15, -0.1) is 5.10 Å². The Morgan fingerprint density at radius 3 is 2.67 bits per heavy atom. The number of carbonyl (C=O) groups is 2. The number of carbonyl (C=O) groups excluding carboxylic acids is 2. The van der Waals surface area contributed by atoms with Crippen molar-refractivity contribution in [1.82, 2.24) is 15.0 Å². The first kappa shape index (κ1) is 29.9. The van der Waals surface area contributed by atoms with Crippen molar-refractivity contribution in [3.8, 4) is 0 Å². The van der Waals surface area contributed by atoms with Gasteiger partial charge in [0.25, 0.3) is 5.91 Å². The van der Waals surface area contributed by atoms with Gasteiger partial charge in [-0.3, -0.25) is 14.3 Å². The van der Waals surface area contributed by atoms with Crippen LogP contribution in [0.15, 0.2) is 60.8 Å². The van der Waals surface area contributed by atoms with Crippen molar-refractivity contribution in [3.63, 3.8) is 0 Å². The molecule has 1 fully saturated rings.